The molecule has 2 heterocycles. The fraction of sp³-hybridized carbons (Fsp3) is 0.324. The molecule has 0 unspecified atom stereocenters. The summed E-state index contributed by atoms with van der Waals surface area (Å²) in [7, 11) is 0. The van der Waals surface area contributed by atoms with Crippen LogP contribution in [0.2, 0.25) is 5.02 Å². The number of piperidine rings is 1. The number of allylic oxidation sites excluding steroid dienone is 2. The summed E-state index contributed by atoms with van der Waals surface area (Å²) in [5, 5.41) is 0.579. The number of ether oxygens (including phenoxy) is 4. The Morgan fingerprint density at radius 1 is 0.848 bits per heavy atom. The van der Waals surface area contributed by atoms with Crippen LogP contribution in [0.1, 0.15) is 68.4 Å². The Morgan fingerprint density at radius 2 is 1.48 bits per heavy atom. The second kappa shape index (κ2) is 16.1. The van der Waals surface area contributed by atoms with Gasteiger partial charge < -0.3 is 23.8 Å². The molecule has 5 rings (SSSR count). The standard InChI is InChI=1S/C20H21ClO4.C17H19NO3/c1-13(2)24-19(23)20(3,4)25-17-11-7-15(8-12-17)18(22)14-5-9-16(21)10-6-14;19-17(18-10-4-1-5-11-18)7-3-2-6-14-8-9-15-16(12-14)21-13-20-15/h5-13H,1-4H3;2-3,6-9,12H,1,4-5,10-11,13H2. The van der Waals surface area contributed by atoms with Crippen LogP contribution >= 0.6 is 11.6 Å². The van der Waals surface area contributed by atoms with Gasteiger partial charge in [-0.05, 0) is 113 Å². The summed E-state index contributed by atoms with van der Waals surface area (Å²) in [5.41, 5.74) is 0.983. The average molecular weight is 646 g/mol. The number of halogens is 1. The Kier molecular flexibility index (Phi) is 12.0. The Labute approximate surface area is 275 Å². The lowest BCUT2D eigenvalue weighted by Crippen LogP contribution is -2.40. The van der Waals surface area contributed by atoms with Crippen molar-refractivity contribution in [2.45, 2.75) is 58.7 Å². The number of hydrogen-bond donors (Lipinski definition) is 0. The molecule has 3 aromatic rings. The normalized spacial score (nSPS) is 14.3. The van der Waals surface area contributed by atoms with E-state index in [1.165, 1.54) is 6.42 Å². The molecule has 0 bridgehead atoms. The molecule has 2 aliphatic rings. The summed E-state index contributed by atoms with van der Waals surface area (Å²) >= 11 is 5.84. The van der Waals surface area contributed by atoms with E-state index >= 15 is 0 Å². The number of benzene rings is 3. The van der Waals surface area contributed by atoms with Crippen molar-refractivity contribution in [3.05, 3.63) is 107 Å². The highest BCUT2D eigenvalue weighted by Crippen LogP contribution is 2.32. The number of amides is 1. The van der Waals surface area contributed by atoms with Crippen LogP contribution in [0, 0.1) is 0 Å². The van der Waals surface area contributed by atoms with Gasteiger partial charge in [0.05, 0.1) is 6.10 Å². The van der Waals surface area contributed by atoms with Gasteiger partial charge in [-0.1, -0.05) is 35.9 Å². The summed E-state index contributed by atoms with van der Waals surface area (Å²) < 4.78 is 21.5. The van der Waals surface area contributed by atoms with Crippen LogP contribution in [0.5, 0.6) is 17.2 Å². The van der Waals surface area contributed by atoms with Gasteiger partial charge in [-0.3, -0.25) is 9.59 Å². The molecule has 0 atom stereocenters. The molecule has 0 saturated carbocycles. The first-order valence-corrected chi connectivity index (χ1v) is 15.7. The zero-order valence-corrected chi connectivity index (χ0v) is 27.4. The van der Waals surface area contributed by atoms with Crippen molar-refractivity contribution in [2.75, 3.05) is 19.9 Å². The topological polar surface area (TPSA) is 91.4 Å². The Balaban J connectivity index is 0.000000211. The number of ketones is 1. The molecule has 1 fully saturated rings. The molecule has 9 heteroatoms. The highest BCUT2D eigenvalue weighted by atomic mass is 35.5. The van der Waals surface area contributed by atoms with Crippen LogP contribution in [0.25, 0.3) is 6.08 Å². The molecule has 242 valence electrons. The molecule has 0 N–H and O–H groups in total. The van der Waals surface area contributed by atoms with Gasteiger partial charge in [-0.15, -0.1) is 0 Å². The first-order chi connectivity index (χ1) is 22.0. The average Bonchev–Trinajstić information content (AvgIpc) is 3.52. The van der Waals surface area contributed by atoms with Crippen LogP contribution in [0.3, 0.4) is 0 Å². The maximum absolute atomic E-state index is 12.4. The van der Waals surface area contributed by atoms with Crippen molar-refractivity contribution in [1.29, 1.82) is 0 Å². The fourth-order valence-electron chi connectivity index (χ4n) is 4.68. The first-order valence-electron chi connectivity index (χ1n) is 15.4. The van der Waals surface area contributed by atoms with Crippen LogP contribution in [-0.2, 0) is 14.3 Å². The van der Waals surface area contributed by atoms with E-state index in [0.717, 1.165) is 43.0 Å². The zero-order valence-electron chi connectivity index (χ0n) is 26.7. The van der Waals surface area contributed by atoms with Gasteiger partial charge in [0.2, 0.25) is 12.7 Å². The molecule has 0 spiro atoms. The van der Waals surface area contributed by atoms with Crippen molar-refractivity contribution in [1.82, 2.24) is 4.90 Å². The number of nitrogens with zero attached hydrogens (tertiary/aromatic N) is 1. The molecule has 0 radical (unpaired) electrons. The number of likely N-dealkylation sites (tertiary alicyclic amines) is 1. The van der Waals surface area contributed by atoms with Crippen molar-refractivity contribution in [2.24, 2.45) is 0 Å². The second-order valence-corrected chi connectivity index (χ2v) is 12.1. The van der Waals surface area contributed by atoms with E-state index in [0.29, 0.717) is 21.9 Å². The maximum Gasteiger partial charge on any atom is 0.350 e. The van der Waals surface area contributed by atoms with Crippen molar-refractivity contribution in [3.63, 3.8) is 0 Å². The number of hydrogen-bond acceptors (Lipinski definition) is 7. The molecule has 46 heavy (non-hydrogen) atoms. The first kappa shape index (κ1) is 34.3. The molecule has 3 aromatic carbocycles. The smallest absolute Gasteiger partial charge is 0.350 e. The number of fused-ring (bicyclic) bond motifs is 1. The van der Waals surface area contributed by atoms with E-state index in [1.54, 1.807) is 88.4 Å². The van der Waals surface area contributed by atoms with Gasteiger partial charge in [0.15, 0.2) is 22.9 Å². The molecule has 1 amide bonds. The number of rotatable bonds is 9. The number of esters is 1. The largest absolute Gasteiger partial charge is 0.476 e. The third kappa shape index (κ3) is 9.97. The summed E-state index contributed by atoms with van der Waals surface area (Å²) in [6.07, 6.45) is 10.5. The van der Waals surface area contributed by atoms with Gasteiger partial charge in [0, 0.05) is 35.3 Å². The lowest BCUT2D eigenvalue weighted by molar-refractivity contribution is -0.163. The lowest BCUT2D eigenvalue weighted by atomic mass is 10.0. The van der Waals surface area contributed by atoms with E-state index < -0.39 is 11.6 Å². The molecule has 8 nitrogen and oxygen atoms in total. The molecule has 2 aliphatic heterocycles. The Hall–Kier alpha value is -4.56. The zero-order chi connectivity index (χ0) is 33.1. The van der Waals surface area contributed by atoms with E-state index in [9.17, 15) is 14.4 Å². The Morgan fingerprint density at radius 3 is 2.13 bits per heavy atom. The van der Waals surface area contributed by atoms with E-state index in [1.807, 2.05) is 35.3 Å². The van der Waals surface area contributed by atoms with Crippen LogP contribution in [0.15, 0.2) is 85.0 Å². The summed E-state index contributed by atoms with van der Waals surface area (Å²) in [6, 6.07) is 19.1. The molecule has 1 saturated heterocycles. The van der Waals surface area contributed by atoms with Gasteiger partial charge in [-0.2, -0.15) is 0 Å². The summed E-state index contributed by atoms with van der Waals surface area (Å²) in [6.45, 7) is 8.90. The van der Waals surface area contributed by atoms with Crippen LogP contribution in [0.4, 0.5) is 0 Å². The minimum atomic E-state index is -1.12. The number of carbonyl (C=O) groups is 3. The SMILES string of the molecule is CC(C)OC(=O)C(C)(C)Oc1ccc(C(=O)c2ccc(Cl)cc2)cc1.O=C(C=CC=Cc1ccc2c(c1)OCO2)N1CCCCC1. The highest BCUT2D eigenvalue weighted by Gasteiger charge is 2.32. The minimum absolute atomic E-state index is 0.102. The fourth-order valence-corrected chi connectivity index (χ4v) is 4.80. The van der Waals surface area contributed by atoms with Gasteiger partial charge in [0.25, 0.3) is 0 Å². The molecule has 0 aromatic heterocycles. The lowest BCUT2D eigenvalue weighted by Gasteiger charge is -2.25. The Bertz CT molecular complexity index is 1550. The monoisotopic (exact) mass is 645 g/mol. The second-order valence-electron chi connectivity index (χ2n) is 11.6. The van der Waals surface area contributed by atoms with Crippen molar-refractivity contribution < 1.29 is 33.3 Å². The predicted molar refractivity (Wildman–Crippen MR) is 178 cm³/mol. The van der Waals surface area contributed by atoms with Crippen LogP contribution < -0.4 is 14.2 Å². The maximum atomic E-state index is 12.4. The molecular weight excluding hydrogens is 606 g/mol. The van der Waals surface area contributed by atoms with E-state index in [2.05, 4.69) is 0 Å². The predicted octanol–water partition coefficient (Wildman–Crippen LogP) is 7.68. The van der Waals surface area contributed by atoms with Gasteiger partial charge >= 0.3 is 5.97 Å². The molecular formula is C37H40ClNO7. The molecule has 0 aliphatic carbocycles. The third-order valence-electron chi connectivity index (χ3n) is 7.13. The summed E-state index contributed by atoms with van der Waals surface area (Å²) in [4.78, 5) is 38.3. The quantitative estimate of drug-likeness (QED) is 0.102. The summed E-state index contributed by atoms with van der Waals surface area (Å²) in [5.74, 6) is 1.59. The van der Waals surface area contributed by atoms with Crippen LogP contribution in [-0.4, -0.2) is 54.1 Å². The van der Waals surface area contributed by atoms with E-state index in [-0.39, 0.29) is 24.6 Å². The third-order valence-corrected chi connectivity index (χ3v) is 7.39. The highest BCUT2D eigenvalue weighted by molar-refractivity contribution is 6.30. The van der Waals surface area contributed by atoms with Crippen molar-refractivity contribution >= 4 is 35.3 Å². The van der Waals surface area contributed by atoms with Gasteiger partial charge in [-0.25, -0.2) is 4.79 Å². The minimum Gasteiger partial charge on any atom is -0.476 e. The van der Waals surface area contributed by atoms with E-state index in [4.69, 9.17) is 30.5 Å². The van der Waals surface area contributed by atoms with Crippen molar-refractivity contribution in [3.8, 4) is 17.2 Å². The number of carbonyl (C=O) groups excluding carboxylic acids is 3. The van der Waals surface area contributed by atoms with Gasteiger partial charge in [0.1, 0.15) is 5.75 Å².